The molecule has 1 unspecified atom stereocenters. The lowest BCUT2D eigenvalue weighted by atomic mass is 10.0. The van der Waals surface area contributed by atoms with Crippen LogP contribution in [0.5, 0.6) is 0 Å². The van der Waals surface area contributed by atoms with Gasteiger partial charge >= 0.3 is 19.8 Å². The van der Waals surface area contributed by atoms with Crippen LogP contribution in [0.1, 0.15) is 200 Å². The Morgan fingerprint density at radius 1 is 0.542 bits per heavy atom. The summed E-state index contributed by atoms with van der Waals surface area (Å²) >= 11 is 0. The van der Waals surface area contributed by atoms with Gasteiger partial charge in [0, 0.05) is 19.4 Å². The lowest BCUT2D eigenvalue weighted by Crippen LogP contribution is -2.29. The number of hydrogen-bond acceptors (Lipinski definition) is 8. The first-order valence-electron chi connectivity index (χ1n) is 20.0. The van der Waals surface area contributed by atoms with E-state index >= 15 is 0 Å². The summed E-state index contributed by atoms with van der Waals surface area (Å²) in [5.41, 5.74) is 5.33. The molecule has 10 heteroatoms. The van der Waals surface area contributed by atoms with E-state index in [2.05, 4.69) is 13.8 Å². The molecule has 0 spiro atoms. The summed E-state index contributed by atoms with van der Waals surface area (Å²) in [6, 6.07) is 0. The van der Waals surface area contributed by atoms with Gasteiger partial charge in [-0.2, -0.15) is 0 Å². The number of ether oxygens (including phenoxy) is 2. The Morgan fingerprint density at radius 3 is 1.27 bits per heavy atom. The fraction of sp³-hybridized carbons (Fsp3) is 0.947. The van der Waals surface area contributed by atoms with E-state index in [1.54, 1.807) is 0 Å². The van der Waals surface area contributed by atoms with Crippen molar-refractivity contribution in [3.63, 3.8) is 0 Å². The first-order valence-corrected chi connectivity index (χ1v) is 21.5. The molecule has 0 amide bonds. The molecule has 0 rings (SSSR count). The Morgan fingerprint density at radius 2 is 0.896 bits per heavy atom. The lowest BCUT2D eigenvalue weighted by Gasteiger charge is -2.19. The second-order valence-corrected chi connectivity index (χ2v) is 15.0. The number of unbranched alkanes of at least 4 members (excludes halogenated alkanes) is 25. The van der Waals surface area contributed by atoms with Crippen LogP contribution in [-0.4, -0.2) is 49.3 Å². The molecule has 0 aromatic carbocycles. The number of hydrogen-bond donors (Lipinski definition) is 2. The molecule has 0 aliphatic rings. The number of esters is 2. The normalized spacial score (nSPS) is 13.3. The third-order valence-electron chi connectivity index (χ3n) is 8.74. The molecule has 0 aromatic heterocycles. The summed E-state index contributed by atoms with van der Waals surface area (Å²) in [5, 5.41) is 0. The molecule has 0 radical (unpaired) electrons. The summed E-state index contributed by atoms with van der Waals surface area (Å²) in [5.74, 6) is -0.817. The van der Waals surface area contributed by atoms with Crippen LogP contribution in [0, 0.1) is 0 Å². The zero-order valence-corrected chi connectivity index (χ0v) is 32.1. The number of nitrogens with two attached hydrogens (primary N) is 1. The quantitative estimate of drug-likeness (QED) is 0.0365. The van der Waals surface area contributed by atoms with Gasteiger partial charge in [-0.05, 0) is 12.8 Å². The summed E-state index contributed by atoms with van der Waals surface area (Å²) in [6.45, 7) is 3.74. The number of phosphoric acid groups is 1. The van der Waals surface area contributed by atoms with Crippen molar-refractivity contribution < 1.29 is 37.6 Å². The van der Waals surface area contributed by atoms with E-state index < -0.39 is 26.5 Å². The Bertz CT molecular complexity index is 769. The summed E-state index contributed by atoms with van der Waals surface area (Å²) in [4.78, 5) is 34.7. The number of phosphoric ester groups is 1. The topological polar surface area (TPSA) is 134 Å². The highest BCUT2D eigenvalue weighted by Gasteiger charge is 2.26. The number of rotatable bonds is 38. The molecule has 0 saturated carbocycles. The Balaban J connectivity index is 4.12. The standard InChI is InChI=1S/C38H76NO8P/c1-3-5-7-9-11-13-15-16-17-18-19-21-22-24-26-28-30-37(40)44-34-36(35-46-48(42,43)45-33-32-39)47-38(41)31-29-27-25-23-20-14-12-10-8-6-4-2/h36H,3-35,39H2,1-2H3,(H,42,43)/t36-/m1/s1. The fourth-order valence-corrected chi connectivity index (χ4v) is 6.52. The molecule has 0 aliphatic heterocycles. The molecule has 286 valence electrons. The monoisotopic (exact) mass is 706 g/mol. The van der Waals surface area contributed by atoms with E-state index in [1.165, 1.54) is 135 Å². The minimum atomic E-state index is -4.36. The highest BCUT2D eigenvalue weighted by atomic mass is 31.2. The van der Waals surface area contributed by atoms with Crippen molar-refractivity contribution in [1.82, 2.24) is 0 Å². The molecule has 0 saturated heterocycles. The third-order valence-corrected chi connectivity index (χ3v) is 9.73. The van der Waals surface area contributed by atoms with E-state index in [4.69, 9.17) is 24.3 Å². The number of carbonyl (C=O) groups is 2. The van der Waals surface area contributed by atoms with E-state index in [0.717, 1.165) is 32.1 Å². The van der Waals surface area contributed by atoms with Crippen molar-refractivity contribution in [2.45, 2.75) is 206 Å². The first kappa shape index (κ1) is 47.0. The zero-order chi connectivity index (χ0) is 35.4. The fourth-order valence-electron chi connectivity index (χ4n) is 5.75. The van der Waals surface area contributed by atoms with Gasteiger partial charge in [0.2, 0.25) is 0 Å². The molecule has 48 heavy (non-hydrogen) atoms. The van der Waals surface area contributed by atoms with Gasteiger partial charge in [0.15, 0.2) is 6.10 Å². The highest BCUT2D eigenvalue weighted by Crippen LogP contribution is 2.43. The van der Waals surface area contributed by atoms with Gasteiger partial charge in [-0.25, -0.2) is 4.57 Å². The third kappa shape index (κ3) is 34.9. The molecular formula is C38H76NO8P. The molecule has 3 N–H and O–H groups in total. The van der Waals surface area contributed by atoms with Crippen LogP contribution in [0.25, 0.3) is 0 Å². The Labute approximate surface area is 295 Å². The maximum atomic E-state index is 12.5. The molecule has 0 heterocycles. The molecule has 0 fully saturated rings. The van der Waals surface area contributed by atoms with Gasteiger partial charge in [0.25, 0.3) is 0 Å². The molecular weight excluding hydrogens is 629 g/mol. The van der Waals surface area contributed by atoms with Gasteiger partial charge < -0.3 is 20.1 Å². The van der Waals surface area contributed by atoms with Gasteiger partial charge in [-0.3, -0.25) is 18.6 Å². The predicted molar refractivity (Wildman–Crippen MR) is 197 cm³/mol. The molecule has 2 atom stereocenters. The van der Waals surface area contributed by atoms with Gasteiger partial charge in [0.1, 0.15) is 6.61 Å². The summed E-state index contributed by atoms with van der Waals surface area (Å²) < 4.78 is 32.7. The maximum Gasteiger partial charge on any atom is 0.472 e. The summed E-state index contributed by atoms with van der Waals surface area (Å²) in [6.07, 6.45) is 32.7. The van der Waals surface area contributed by atoms with Crippen LogP contribution in [0.3, 0.4) is 0 Å². The van der Waals surface area contributed by atoms with E-state index in [9.17, 15) is 19.0 Å². The van der Waals surface area contributed by atoms with Crippen LogP contribution in [0.4, 0.5) is 0 Å². The van der Waals surface area contributed by atoms with Crippen LogP contribution in [-0.2, 0) is 32.7 Å². The zero-order valence-electron chi connectivity index (χ0n) is 31.2. The second kappa shape index (κ2) is 35.8. The van der Waals surface area contributed by atoms with Crippen molar-refractivity contribution in [3.8, 4) is 0 Å². The molecule has 9 nitrogen and oxygen atoms in total. The first-order chi connectivity index (χ1) is 23.3. The smallest absolute Gasteiger partial charge is 0.462 e. The minimum absolute atomic E-state index is 0.0578. The lowest BCUT2D eigenvalue weighted by molar-refractivity contribution is -0.161. The highest BCUT2D eigenvalue weighted by molar-refractivity contribution is 7.47. The van der Waals surface area contributed by atoms with Gasteiger partial charge in [-0.1, -0.05) is 174 Å². The predicted octanol–water partition coefficient (Wildman–Crippen LogP) is 10.9. The van der Waals surface area contributed by atoms with Crippen LogP contribution in [0.15, 0.2) is 0 Å². The van der Waals surface area contributed by atoms with E-state index in [0.29, 0.717) is 6.42 Å². The average Bonchev–Trinajstić information content (AvgIpc) is 3.07. The minimum Gasteiger partial charge on any atom is -0.462 e. The Hall–Kier alpha value is -0.990. The summed E-state index contributed by atoms with van der Waals surface area (Å²) in [7, 11) is -4.36. The Kier molecular flexibility index (Phi) is 35.1. The average molecular weight is 706 g/mol. The SMILES string of the molecule is CCCCCCCCCCCCCCCCCCC(=O)OC[C@H](COP(=O)(O)OCCN)OC(=O)CCCCCCCCCCCCC. The number of carbonyl (C=O) groups excluding carboxylic acids is 2. The van der Waals surface area contributed by atoms with E-state index in [-0.39, 0.29) is 38.6 Å². The van der Waals surface area contributed by atoms with Crippen molar-refractivity contribution in [1.29, 1.82) is 0 Å². The van der Waals surface area contributed by atoms with Crippen molar-refractivity contribution in [3.05, 3.63) is 0 Å². The van der Waals surface area contributed by atoms with Crippen LogP contribution < -0.4 is 5.73 Å². The van der Waals surface area contributed by atoms with Gasteiger partial charge in [0.05, 0.1) is 13.2 Å². The second-order valence-electron chi connectivity index (χ2n) is 13.5. The molecule has 0 aliphatic carbocycles. The maximum absolute atomic E-state index is 12.5. The van der Waals surface area contributed by atoms with Crippen molar-refractivity contribution in [2.24, 2.45) is 5.73 Å². The van der Waals surface area contributed by atoms with Crippen LogP contribution >= 0.6 is 7.82 Å². The van der Waals surface area contributed by atoms with E-state index in [1.807, 2.05) is 0 Å². The van der Waals surface area contributed by atoms with Crippen molar-refractivity contribution >= 4 is 19.8 Å². The van der Waals surface area contributed by atoms with Crippen LogP contribution in [0.2, 0.25) is 0 Å². The largest absolute Gasteiger partial charge is 0.472 e. The van der Waals surface area contributed by atoms with Gasteiger partial charge in [-0.15, -0.1) is 0 Å². The molecule has 0 aromatic rings. The van der Waals surface area contributed by atoms with Crippen molar-refractivity contribution in [2.75, 3.05) is 26.4 Å². The molecule has 0 bridgehead atoms.